The van der Waals surface area contributed by atoms with Gasteiger partial charge in [-0.25, -0.2) is 0 Å². The molecule has 3 heteroatoms. The molecule has 0 fully saturated rings. The van der Waals surface area contributed by atoms with Crippen molar-refractivity contribution in [3.05, 3.63) is 64.1 Å². The number of carbonyl (C=O) groups is 1. The summed E-state index contributed by atoms with van der Waals surface area (Å²) in [7, 11) is 0. The summed E-state index contributed by atoms with van der Waals surface area (Å²) in [5.41, 5.74) is 5.93. The van der Waals surface area contributed by atoms with Crippen LogP contribution in [0.4, 0.5) is 0 Å². The van der Waals surface area contributed by atoms with Crippen LogP contribution in [0.15, 0.2) is 34.8 Å². The summed E-state index contributed by atoms with van der Waals surface area (Å²) in [6.45, 7) is 9.42. The Kier molecular flexibility index (Phi) is 4.52. The number of aliphatic carboxylic acids is 1. The van der Waals surface area contributed by atoms with Crippen LogP contribution in [0.3, 0.4) is 0 Å². The molecule has 2 aliphatic rings. The van der Waals surface area contributed by atoms with E-state index in [0.717, 1.165) is 31.1 Å². The van der Waals surface area contributed by atoms with Crippen LogP contribution in [0.2, 0.25) is 0 Å². The topological polar surface area (TPSA) is 53.3 Å². The Hall–Kier alpha value is -2.29. The van der Waals surface area contributed by atoms with E-state index in [2.05, 4.69) is 45.9 Å². The van der Waals surface area contributed by atoms with Crippen LogP contribution in [-0.2, 0) is 22.0 Å². The Morgan fingerprint density at radius 3 is 2.54 bits per heavy atom. The molecule has 0 amide bonds. The minimum absolute atomic E-state index is 0.192. The number of hydrogen-bond donors (Lipinski definition) is 0. The number of aryl methyl sites for hydroxylation is 1. The summed E-state index contributed by atoms with van der Waals surface area (Å²) in [6.07, 6.45) is 8.03. The number of hydrogen-bond acceptors (Lipinski definition) is 3. The van der Waals surface area contributed by atoms with Crippen molar-refractivity contribution in [1.29, 1.82) is 0 Å². The highest BCUT2D eigenvalue weighted by molar-refractivity contribution is 5.83. The van der Waals surface area contributed by atoms with Crippen LogP contribution >= 0.6 is 0 Å². The predicted octanol–water partition coefficient (Wildman–Crippen LogP) is 4.86. The molecule has 0 saturated heterocycles. The highest BCUT2D eigenvalue weighted by Gasteiger charge is 2.37. The Morgan fingerprint density at radius 1 is 1.11 bits per heavy atom. The van der Waals surface area contributed by atoms with Gasteiger partial charge in [-0.15, -0.1) is 0 Å². The van der Waals surface area contributed by atoms with Crippen LogP contribution in [-0.4, -0.2) is 5.97 Å². The highest BCUT2D eigenvalue weighted by Crippen LogP contribution is 2.48. The molecular formula is C25H29O3-. The molecule has 0 radical (unpaired) electrons. The number of carboxylic acid groups (broad SMARTS) is 1. The van der Waals surface area contributed by atoms with Crippen LogP contribution in [0, 0.1) is 0 Å². The van der Waals surface area contributed by atoms with Crippen molar-refractivity contribution in [2.45, 2.75) is 76.5 Å². The zero-order valence-corrected chi connectivity index (χ0v) is 17.3. The fourth-order valence-corrected chi connectivity index (χ4v) is 4.98. The summed E-state index contributed by atoms with van der Waals surface area (Å²) >= 11 is 0. The summed E-state index contributed by atoms with van der Waals surface area (Å²) < 4.78 is 5.92. The van der Waals surface area contributed by atoms with Gasteiger partial charge in [-0.1, -0.05) is 45.9 Å². The zero-order valence-electron chi connectivity index (χ0n) is 17.3. The normalized spacial score (nSPS) is 22.6. The molecule has 1 unspecified atom stereocenters. The minimum Gasteiger partial charge on any atom is -0.545 e. The Balaban J connectivity index is 1.75. The van der Waals surface area contributed by atoms with Crippen molar-refractivity contribution in [2.75, 3.05) is 0 Å². The maximum atomic E-state index is 10.7. The third-order valence-corrected chi connectivity index (χ3v) is 6.80. The first-order chi connectivity index (χ1) is 13.2. The van der Waals surface area contributed by atoms with Crippen molar-refractivity contribution in [3.63, 3.8) is 0 Å². The van der Waals surface area contributed by atoms with E-state index in [4.69, 9.17) is 4.42 Å². The van der Waals surface area contributed by atoms with Crippen molar-refractivity contribution in [2.24, 2.45) is 0 Å². The monoisotopic (exact) mass is 377 g/mol. The van der Waals surface area contributed by atoms with Gasteiger partial charge in [0.25, 0.3) is 0 Å². The van der Waals surface area contributed by atoms with Gasteiger partial charge >= 0.3 is 0 Å². The average molecular weight is 378 g/mol. The molecule has 1 atom stereocenters. The highest BCUT2D eigenvalue weighted by atomic mass is 16.4. The first-order valence-electron chi connectivity index (χ1n) is 10.3. The van der Waals surface area contributed by atoms with Gasteiger partial charge in [-0.05, 0) is 71.4 Å². The molecule has 1 heterocycles. The first-order valence-corrected chi connectivity index (χ1v) is 10.3. The molecular weight excluding hydrogens is 348 g/mol. The van der Waals surface area contributed by atoms with E-state index in [-0.39, 0.29) is 10.8 Å². The average Bonchev–Trinajstić information content (AvgIpc) is 3.07. The molecule has 0 bridgehead atoms. The first kappa shape index (κ1) is 19.0. The van der Waals surface area contributed by atoms with Crippen molar-refractivity contribution in [3.8, 4) is 0 Å². The molecule has 1 aromatic carbocycles. The number of carbonyl (C=O) groups excluding carboxylic acids is 1. The maximum absolute atomic E-state index is 10.7. The zero-order chi connectivity index (χ0) is 20.1. The molecule has 0 saturated carbocycles. The van der Waals surface area contributed by atoms with E-state index in [0.29, 0.717) is 11.7 Å². The van der Waals surface area contributed by atoms with Gasteiger partial charge in [0.2, 0.25) is 0 Å². The van der Waals surface area contributed by atoms with Gasteiger partial charge in [0.1, 0.15) is 11.5 Å². The molecule has 0 aliphatic heterocycles. The lowest BCUT2D eigenvalue weighted by molar-refractivity contribution is -0.297. The second-order valence-corrected chi connectivity index (χ2v) is 9.70. The lowest BCUT2D eigenvalue weighted by atomic mass is 9.62. The van der Waals surface area contributed by atoms with Gasteiger partial charge < -0.3 is 14.3 Å². The fourth-order valence-electron chi connectivity index (χ4n) is 4.98. The summed E-state index contributed by atoms with van der Waals surface area (Å²) in [6, 6.07) is 9.08. The van der Waals surface area contributed by atoms with Crippen molar-refractivity contribution >= 4 is 12.0 Å². The van der Waals surface area contributed by atoms with Crippen molar-refractivity contribution < 1.29 is 14.3 Å². The number of furan rings is 1. The van der Waals surface area contributed by atoms with Gasteiger partial charge in [-0.2, -0.15) is 0 Å². The van der Waals surface area contributed by atoms with E-state index < -0.39 is 5.97 Å². The number of benzene rings is 1. The minimum atomic E-state index is -1.20. The van der Waals surface area contributed by atoms with E-state index in [1.165, 1.54) is 41.2 Å². The Bertz CT molecular complexity index is 943. The molecule has 3 nitrogen and oxygen atoms in total. The number of rotatable bonds is 3. The van der Waals surface area contributed by atoms with E-state index >= 15 is 0 Å². The van der Waals surface area contributed by atoms with Crippen LogP contribution in [0.5, 0.6) is 0 Å². The maximum Gasteiger partial charge on any atom is 0.127 e. The molecule has 0 spiro atoms. The van der Waals surface area contributed by atoms with E-state index in [9.17, 15) is 9.90 Å². The molecule has 2 aliphatic carbocycles. The van der Waals surface area contributed by atoms with Gasteiger partial charge in [-0.3, -0.25) is 0 Å². The molecule has 28 heavy (non-hydrogen) atoms. The van der Waals surface area contributed by atoms with E-state index in [1.54, 1.807) is 0 Å². The predicted molar refractivity (Wildman–Crippen MR) is 109 cm³/mol. The smallest absolute Gasteiger partial charge is 0.127 e. The summed E-state index contributed by atoms with van der Waals surface area (Å²) in [5.74, 6) is 0.696. The molecule has 4 rings (SSSR count). The molecule has 2 aromatic rings. The molecule has 148 valence electrons. The lowest BCUT2D eigenvalue weighted by Crippen LogP contribution is -2.34. The van der Waals surface area contributed by atoms with Crippen molar-refractivity contribution in [1.82, 2.24) is 0 Å². The Morgan fingerprint density at radius 2 is 1.82 bits per heavy atom. The standard InChI is InChI=1S/C25H30O3/c1-24(2)12-13-25(3,4)21-14-16(8-10-20(21)24)18-6-5-7-22-19(18)15-17(28-22)9-11-23(26)27/h8-11,14-15,18H,5-7,12-13H2,1-4H3,(H,26,27)/p-1/b11-9+. The molecule has 0 N–H and O–H groups in total. The third kappa shape index (κ3) is 3.32. The number of fused-ring (bicyclic) bond motifs is 2. The Labute approximate surface area is 167 Å². The van der Waals surface area contributed by atoms with Gasteiger partial charge in [0.05, 0.1) is 5.97 Å². The van der Waals surface area contributed by atoms with Gasteiger partial charge in [0.15, 0.2) is 0 Å². The lowest BCUT2D eigenvalue weighted by Gasteiger charge is -2.42. The third-order valence-electron chi connectivity index (χ3n) is 6.80. The largest absolute Gasteiger partial charge is 0.545 e. The summed E-state index contributed by atoms with van der Waals surface area (Å²) in [5, 5.41) is 10.7. The van der Waals surface area contributed by atoms with E-state index in [1.807, 2.05) is 6.07 Å². The van der Waals surface area contributed by atoms with Gasteiger partial charge in [0, 0.05) is 17.9 Å². The van der Waals surface area contributed by atoms with Crippen LogP contribution in [0.1, 0.15) is 93.1 Å². The fraction of sp³-hybridized carbons (Fsp3) is 0.480. The van der Waals surface area contributed by atoms with Crippen LogP contribution < -0.4 is 5.11 Å². The summed E-state index contributed by atoms with van der Waals surface area (Å²) in [4.78, 5) is 10.7. The number of carboxylic acids is 1. The van der Waals surface area contributed by atoms with Crippen LogP contribution in [0.25, 0.3) is 6.08 Å². The molecule has 1 aromatic heterocycles. The second kappa shape index (κ2) is 6.65. The quantitative estimate of drug-likeness (QED) is 0.718. The second-order valence-electron chi connectivity index (χ2n) is 9.70. The SMILES string of the molecule is CC1(C)CCC(C)(C)c2cc(C3CCCc4oc(/C=C/C(=O)[O-])cc43)ccc21.